The molecule has 49 heavy (non-hydrogen) atoms. The van der Waals surface area contributed by atoms with Crippen LogP contribution < -0.4 is 28.4 Å². The largest absolute Gasteiger partial charge is 0.553 e. The summed E-state index contributed by atoms with van der Waals surface area (Å²) in [6.45, 7) is 5.84. The first-order valence-corrected chi connectivity index (χ1v) is 13.8. The Bertz CT molecular complexity index is 1590. The van der Waals surface area contributed by atoms with Gasteiger partial charge < -0.3 is 45.4 Å². The molecule has 0 saturated heterocycles. The SMILES string of the molecule is COc1cc(OC)c(-c2c(C)c(-c3cc([C-]=O)c(OC)cc3OC)c(C)c(-c3cc(C=O)c(OC)cc3OC)c2C)cc1[C-]=O.[CH3-].[Y].[Y].[Y]. The molecule has 9 nitrogen and oxygen atoms in total. The van der Waals surface area contributed by atoms with Crippen molar-refractivity contribution in [2.24, 2.45) is 0 Å². The molecule has 4 aromatic carbocycles. The molecule has 3 radical (unpaired) electrons. The van der Waals surface area contributed by atoms with E-state index in [1.165, 1.54) is 42.7 Å². The van der Waals surface area contributed by atoms with Crippen molar-refractivity contribution in [1.82, 2.24) is 0 Å². The second-order valence-electron chi connectivity index (χ2n) is 10.1. The number of rotatable bonds is 12. The van der Waals surface area contributed by atoms with Gasteiger partial charge in [0, 0.05) is 121 Å². The molecule has 4 rings (SSSR count). The molecule has 0 unspecified atom stereocenters. The van der Waals surface area contributed by atoms with Crippen LogP contribution in [0.25, 0.3) is 33.4 Å². The minimum atomic E-state index is 0. The van der Waals surface area contributed by atoms with Crippen molar-refractivity contribution < 1.29 is 141 Å². The Kier molecular flexibility index (Phi) is 19.9. The maximum atomic E-state index is 12.1. The molecule has 0 aliphatic heterocycles. The van der Waals surface area contributed by atoms with Crippen LogP contribution in [-0.2, 0) is 108 Å². The maximum absolute atomic E-state index is 12.1. The predicted molar refractivity (Wildman–Crippen MR) is 178 cm³/mol. The van der Waals surface area contributed by atoms with E-state index in [-0.39, 0.29) is 117 Å². The summed E-state index contributed by atoms with van der Waals surface area (Å²) in [5, 5.41) is 0. The minimum absolute atomic E-state index is 0. The number of hydrogen-bond donors (Lipinski definition) is 0. The zero-order valence-electron chi connectivity index (χ0n) is 29.4. The predicted octanol–water partition coefficient (Wildman–Crippen LogP) is 6.84. The molecule has 12 heteroatoms. The summed E-state index contributed by atoms with van der Waals surface area (Å²) in [7, 11) is 9.01. The Balaban J connectivity index is 0.00000576. The van der Waals surface area contributed by atoms with Crippen LogP contribution in [0.5, 0.6) is 34.5 Å². The molecule has 0 spiro atoms. The number of carbonyl (C=O) groups excluding carboxylic acids is 3. The standard InChI is InChI=1S/C36H34O9.CH3.3Y/c1-19-34(25-10-22(16-37)28(40-4)13-31(25)43-7)20(2)36(27-12-24(18-39)30(42-6)15-33(27)45-9)21(3)35(19)26-11-23(17-38)29(41-5)14-32(26)44-8;;;;/h10-16H,1-9H3;1H3;;;/q-2;-1;;;. The summed E-state index contributed by atoms with van der Waals surface area (Å²) in [4.78, 5) is 36.2. The van der Waals surface area contributed by atoms with E-state index in [4.69, 9.17) is 28.4 Å². The van der Waals surface area contributed by atoms with Gasteiger partial charge in [-0.15, -0.1) is 23.3 Å². The van der Waals surface area contributed by atoms with Crippen LogP contribution >= 0.6 is 0 Å². The molecule has 0 fully saturated rings. The smallest absolute Gasteiger partial charge is 0.153 e. The van der Waals surface area contributed by atoms with Gasteiger partial charge in [0.1, 0.15) is 23.0 Å². The minimum Gasteiger partial charge on any atom is -0.553 e. The second kappa shape index (κ2) is 20.8. The van der Waals surface area contributed by atoms with Gasteiger partial charge in [-0.25, -0.2) is 0 Å². The zero-order valence-corrected chi connectivity index (χ0v) is 38.0. The number of benzene rings is 4. The van der Waals surface area contributed by atoms with E-state index < -0.39 is 0 Å². The molecule has 0 bridgehead atoms. The normalized spacial score (nSPS) is 9.73. The van der Waals surface area contributed by atoms with Crippen LogP contribution in [0.15, 0.2) is 36.4 Å². The van der Waals surface area contributed by atoms with Gasteiger partial charge in [-0.3, -0.25) is 4.79 Å². The van der Waals surface area contributed by atoms with Gasteiger partial charge in [-0.05, 0) is 83.5 Å². The van der Waals surface area contributed by atoms with Crippen molar-refractivity contribution in [2.75, 3.05) is 42.7 Å². The molecule has 0 N–H and O–H groups in total. The summed E-state index contributed by atoms with van der Waals surface area (Å²) in [6, 6.07) is 9.99. The fraction of sp³-hybridized carbons (Fsp3) is 0.243. The average Bonchev–Trinajstić information content (AvgIpc) is 3.07. The first-order valence-electron chi connectivity index (χ1n) is 13.8. The van der Waals surface area contributed by atoms with Crippen LogP contribution in [0.4, 0.5) is 0 Å². The molecule has 0 amide bonds. The molecular weight excluding hydrogens is 855 g/mol. The molecule has 0 aromatic heterocycles. The molecule has 0 heterocycles. The van der Waals surface area contributed by atoms with Gasteiger partial charge in [0.25, 0.3) is 0 Å². The van der Waals surface area contributed by atoms with Crippen LogP contribution in [-0.4, -0.2) is 61.5 Å². The van der Waals surface area contributed by atoms with E-state index in [1.54, 1.807) is 36.4 Å². The monoisotopic (exact) mass is 892 g/mol. The van der Waals surface area contributed by atoms with Crippen molar-refractivity contribution in [2.45, 2.75) is 20.8 Å². The van der Waals surface area contributed by atoms with E-state index in [1.807, 2.05) is 33.3 Å². The number of ether oxygens (including phenoxy) is 6. The first kappa shape index (κ1) is 47.0. The van der Waals surface area contributed by atoms with E-state index in [9.17, 15) is 14.4 Å². The summed E-state index contributed by atoms with van der Waals surface area (Å²) in [6.07, 6.45) is 4.65. The Labute approximate surface area is 364 Å². The van der Waals surface area contributed by atoms with Crippen LogP contribution in [0.2, 0.25) is 0 Å². The first-order chi connectivity index (χ1) is 21.7. The number of carbonyl (C=O) groups is 1. The molecule has 0 aliphatic rings. The van der Waals surface area contributed by atoms with E-state index in [2.05, 4.69) is 0 Å². The van der Waals surface area contributed by atoms with Gasteiger partial charge in [-0.1, -0.05) is 0 Å². The molecule has 0 atom stereocenters. The Hall–Kier alpha value is -2.00. The van der Waals surface area contributed by atoms with Crippen molar-refractivity contribution in [1.29, 1.82) is 0 Å². The summed E-state index contributed by atoms with van der Waals surface area (Å²) in [5.41, 5.74) is 7.23. The number of aldehydes is 1. The van der Waals surface area contributed by atoms with Gasteiger partial charge in [0.2, 0.25) is 0 Å². The topological polar surface area (TPSA) is 107 Å². The number of methoxy groups -OCH3 is 6. The third-order valence-corrected chi connectivity index (χ3v) is 8.00. The molecule has 251 valence electrons. The third-order valence-electron chi connectivity index (χ3n) is 8.00. The summed E-state index contributed by atoms with van der Waals surface area (Å²) < 4.78 is 33.7. The average molecular weight is 892 g/mol. The molecule has 4 aromatic rings. The quantitative estimate of drug-likeness (QED) is 0.112. The molecular formula is C37H37O9Y3-3. The van der Waals surface area contributed by atoms with E-state index in [0.29, 0.717) is 56.8 Å². The fourth-order valence-corrected chi connectivity index (χ4v) is 5.99. The van der Waals surface area contributed by atoms with Crippen LogP contribution in [0.1, 0.15) is 38.2 Å². The third kappa shape index (κ3) is 8.91. The van der Waals surface area contributed by atoms with E-state index in [0.717, 1.165) is 39.7 Å². The Morgan fingerprint density at radius 3 is 1.02 bits per heavy atom. The molecule has 0 saturated carbocycles. The summed E-state index contributed by atoms with van der Waals surface area (Å²) >= 11 is 0. The zero-order chi connectivity index (χ0) is 33.0. The second-order valence-corrected chi connectivity index (χ2v) is 10.1. The maximum Gasteiger partial charge on any atom is 0.153 e. The van der Waals surface area contributed by atoms with Crippen molar-refractivity contribution in [3.8, 4) is 67.9 Å². The number of hydrogen-bond acceptors (Lipinski definition) is 9. The van der Waals surface area contributed by atoms with Crippen LogP contribution in [0, 0.1) is 28.2 Å². The van der Waals surface area contributed by atoms with Crippen molar-refractivity contribution >= 4 is 18.9 Å². The van der Waals surface area contributed by atoms with Gasteiger partial charge in [0.05, 0.1) is 60.8 Å². The van der Waals surface area contributed by atoms with Crippen LogP contribution in [0.3, 0.4) is 0 Å². The van der Waals surface area contributed by atoms with Crippen molar-refractivity contribution in [3.63, 3.8) is 0 Å². The summed E-state index contributed by atoms with van der Waals surface area (Å²) in [5.74, 6) is 2.36. The van der Waals surface area contributed by atoms with Gasteiger partial charge >= 0.3 is 0 Å². The molecule has 0 aliphatic carbocycles. The Morgan fingerprint density at radius 1 is 0.469 bits per heavy atom. The van der Waals surface area contributed by atoms with E-state index >= 15 is 0 Å². The Morgan fingerprint density at radius 2 is 0.755 bits per heavy atom. The van der Waals surface area contributed by atoms with Gasteiger partial charge in [-0.2, -0.15) is 0 Å². The fourth-order valence-electron chi connectivity index (χ4n) is 5.99. The van der Waals surface area contributed by atoms with Crippen molar-refractivity contribution in [3.05, 3.63) is 77.2 Å². The van der Waals surface area contributed by atoms with Gasteiger partial charge in [0.15, 0.2) is 6.29 Å².